The Morgan fingerprint density at radius 1 is 1.33 bits per heavy atom. The molecule has 0 unspecified atom stereocenters. The van der Waals surface area contributed by atoms with Gasteiger partial charge in [-0.3, -0.25) is 0 Å². The summed E-state index contributed by atoms with van der Waals surface area (Å²) in [6.45, 7) is 0. The van der Waals surface area contributed by atoms with Gasteiger partial charge < -0.3 is 10.8 Å². The average Bonchev–Trinajstić information content (AvgIpc) is 1.92. The number of hydrogen-bond donors (Lipinski definition) is 3. The van der Waals surface area contributed by atoms with E-state index in [9.17, 15) is 8.42 Å². The molecule has 1 aromatic carbocycles. The van der Waals surface area contributed by atoms with Crippen molar-refractivity contribution in [2.75, 3.05) is 5.73 Å². The predicted octanol–water partition coefficient (Wildman–Crippen LogP) is -0.378. The molecule has 1 aromatic rings. The molecule has 0 bridgehead atoms. The van der Waals surface area contributed by atoms with E-state index < -0.39 is 10.0 Å². The molecule has 0 amide bonds. The summed E-state index contributed by atoms with van der Waals surface area (Å²) in [7, 11) is -3.73. The van der Waals surface area contributed by atoms with Gasteiger partial charge in [0.05, 0.1) is 10.6 Å². The number of benzene rings is 1. The Bertz CT molecular complexity index is 399. The van der Waals surface area contributed by atoms with Gasteiger partial charge in [-0.05, 0) is 18.2 Å². The summed E-state index contributed by atoms with van der Waals surface area (Å²) in [5.41, 5.74) is 5.23. The zero-order valence-electron chi connectivity index (χ0n) is 6.06. The second-order valence-electron chi connectivity index (χ2n) is 2.27. The van der Waals surface area contributed by atoms with Gasteiger partial charge in [0.15, 0.2) is 0 Å². The zero-order valence-corrected chi connectivity index (χ0v) is 6.88. The second-order valence-corrected chi connectivity index (χ2v) is 3.83. The number of hydrogen-bond acceptors (Lipinski definition) is 4. The molecule has 0 aromatic heterocycles. The third-order valence-electron chi connectivity index (χ3n) is 1.33. The van der Waals surface area contributed by atoms with E-state index in [1.165, 1.54) is 12.1 Å². The van der Waals surface area contributed by atoms with Crippen LogP contribution in [0.1, 0.15) is 0 Å². The Balaban J connectivity index is 3.33. The molecule has 0 aliphatic carbocycles. The molecule has 0 fully saturated rings. The monoisotopic (exact) mass is 188 g/mol. The molecule has 0 radical (unpaired) electrons. The lowest BCUT2D eigenvalue weighted by atomic mass is 10.3. The van der Waals surface area contributed by atoms with Gasteiger partial charge in [0.1, 0.15) is 5.75 Å². The van der Waals surface area contributed by atoms with Crippen molar-refractivity contribution in [1.82, 2.24) is 0 Å². The third-order valence-corrected chi connectivity index (χ3v) is 2.24. The van der Waals surface area contributed by atoms with Gasteiger partial charge in [-0.25, -0.2) is 13.6 Å². The van der Waals surface area contributed by atoms with Crippen LogP contribution in [0.15, 0.2) is 23.1 Å². The van der Waals surface area contributed by atoms with Crippen molar-refractivity contribution in [3.05, 3.63) is 18.2 Å². The molecule has 0 heterocycles. The van der Waals surface area contributed by atoms with Crippen LogP contribution in [0.5, 0.6) is 5.75 Å². The molecule has 66 valence electrons. The quantitative estimate of drug-likeness (QED) is 0.412. The van der Waals surface area contributed by atoms with Gasteiger partial charge >= 0.3 is 0 Å². The maximum absolute atomic E-state index is 10.7. The second kappa shape index (κ2) is 2.65. The Morgan fingerprint density at radius 2 is 1.92 bits per heavy atom. The fourth-order valence-corrected chi connectivity index (χ4v) is 1.26. The third kappa shape index (κ3) is 1.66. The minimum atomic E-state index is -3.73. The van der Waals surface area contributed by atoms with Gasteiger partial charge in [0.2, 0.25) is 10.0 Å². The van der Waals surface area contributed by atoms with E-state index in [0.29, 0.717) is 0 Å². The highest BCUT2D eigenvalue weighted by Gasteiger charge is 2.08. The lowest BCUT2D eigenvalue weighted by molar-refractivity contribution is 0.477. The highest BCUT2D eigenvalue weighted by atomic mass is 32.2. The molecule has 5 nitrogen and oxygen atoms in total. The summed E-state index contributed by atoms with van der Waals surface area (Å²) in [5, 5.41) is 13.8. The fourth-order valence-electron chi connectivity index (χ4n) is 0.710. The molecule has 5 N–H and O–H groups in total. The number of nitrogens with two attached hydrogens (primary N) is 2. The van der Waals surface area contributed by atoms with Crippen LogP contribution in [0.2, 0.25) is 0 Å². The first-order chi connectivity index (χ1) is 5.41. The highest BCUT2D eigenvalue weighted by Crippen LogP contribution is 2.21. The van der Waals surface area contributed by atoms with Crippen LogP contribution < -0.4 is 10.9 Å². The number of nitrogen functional groups attached to an aromatic ring is 1. The van der Waals surface area contributed by atoms with Crippen LogP contribution in [-0.2, 0) is 10.0 Å². The molecule has 0 saturated heterocycles. The van der Waals surface area contributed by atoms with Gasteiger partial charge in [0, 0.05) is 0 Å². The summed E-state index contributed by atoms with van der Waals surface area (Å²) < 4.78 is 21.5. The van der Waals surface area contributed by atoms with E-state index in [0.717, 1.165) is 6.07 Å². The van der Waals surface area contributed by atoms with Crippen molar-refractivity contribution in [3.8, 4) is 5.75 Å². The molecular weight excluding hydrogens is 180 g/mol. The first kappa shape index (κ1) is 8.82. The first-order valence-corrected chi connectivity index (χ1v) is 4.57. The number of anilines is 1. The van der Waals surface area contributed by atoms with E-state index in [2.05, 4.69) is 0 Å². The Labute approximate surface area is 69.7 Å². The summed E-state index contributed by atoms with van der Waals surface area (Å²) in [6, 6.07) is 3.46. The average molecular weight is 188 g/mol. The smallest absolute Gasteiger partial charge is 0.238 e. The van der Waals surface area contributed by atoms with Crippen LogP contribution in [-0.4, -0.2) is 13.5 Å². The summed E-state index contributed by atoms with van der Waals surface area (Å²) in [4.78, 5) is -0.113. The summed E-state index contributed by atoms with van der Waals surface area (Å²) in [6.07, 6.45) is 0. The lowest BCUT2D eigenvalue weighted by Crippen LogP contribution is -2.12. The number of phenols is 1. The summed E-state index contributed by atoms with van der Waals surface area (Å²) in [5.74, 6) is -0.164. The van der Waals surface area contributed by atoms with E-state index in [4.69, 9.17) is 16.0 Å². The Hall–Kier alpha value is -1.27. The van der Waals surface area contributed by atoms with Crippen molar-refractivity contribution in [2.24, 2.45) is 5.14 Å². The Kier molecular flexibility index (Phi) is 1.95. The molecule has 0 aliphatic rings. The predicted molar refractivity (Wildman–Crippen MR) is 43.9 cm³/mol. The van der Waals surface area contributed by atoms with Crippen LogP contribution in [0.4, 0.5) is 5.69 Å². The van der Waals surface area contributed by atoms with E-state index in [-0.39, 0.29) is 16.3 Å². The zero-order chi connectivity index (χ0) is 9.35. The largest absolute Gasteiger partial charge is 0.506 e. The van der Waals surface area contributed by atoms with Crippen LogP contribution >= 0.6 is 0 Å². The van der Waals surface area contributed by atoms with E-state index in [1.807, 2.05) is 0 Å². The fraction of sp³-hybridized carbons (Fsp3) is 0. The number of sulfonamides is 1. The van der Waals surface area contributed by atoms with E-state index >= 15 is 0 Å². The number of primary sulfonamides is 1. The van der Waals surface area contributed by atoms with Crippen LogP contribution in [0.25, 0.3) is 0 Å². The minimum absolute atomic E-state index is 0.0125. The maximum atomic E-state index is 10.7. The molecule has 12 heavy (non-hydrogen) atoms. The standard InChI is InChI=1S/C6H8N2O3S/c7-5-3-4(12(8,10)11)1-2-6(5)9/h1-3,9H,7H2,(H2,8,10,11). The number of rotatable bonds is 1. The Morgan fingerprint density at radius 3 is 2.33 bits per heavy atom. The molecule has 0 aliphatic heterocycles. The molecule has 0 spiro atoms. The first-order valence-electron chi connectivity index (χ1n) is 3.02. The molecule has 0 atom stereocenters. The molecule has 0 saturated carbocycles. The highest BCUT2D eigenvalue weighted by molar-refractivity contribution is 7.89. The minimum Gasteiger partial charge on any atom is -0.506 e. The lowest BCUT2D eigenvalue weighted by Gasteiger charge is -2.00. The number of phenolic OH excluding ortho intramolecular Hbond substituents is 1. The normalized spacial score (nSPS) is 11.4. The molecule has 6 heteroatoms. The van der Waals surface area contributed by atoms with Crippen molar-refractivity contribution in [1.29, 1.82) is 0 Å². The van der Waals surface area contributed by atoms with Gasteiger partial charge in [-0.1, -0.05) is 0 Å². The molecule has 1 rings (SSSR count). The SMILES string of the molecule is Nc1cc(S(N)(=O)=O)ccc1O. The van der Waals surface area contributed by atoms with Crippen molar-refractivity contribution >= 4 is 15.7 Å². The van der Waals surface area contributed by atoms with Gasteiger partial charge in [-0.15, -0.1) is 0 Å². The van der Waals surface area contributed by atoms with Crippen LogP contribution in [0.3, 0.4) is 0 Å². The van der Waals surface area contributed by atoms with Crippen molar-refractivity contribution in [3.63, 3.8) is 0 Å². The van der Waals surface area contributed by atoms with Gasteiger partial charge in [0.25, 0.3) is 0 Å². The molecular formula is C6H8N2O3S. The van der Waals surface area contributed by atoms with Gasteiger partial charge in [-0.2, -0.15) is 0 Å². The summed E-state index contributed by atoms with van der Waals surface area (Å²) >= 11 is 0. The maximum Gasteiger partial charge on any atom is 0.238 e. The number of aromatic hydroxyl groups is 1. The van der Waals surface area contributed by atoms with Crippen LogP contribution in [0, 0.1) is 0 Å². The topological polar surface area (TPSA) is 106 Å². The van der Waals surface area contributed by atoms with E-state index in [1.54, 1.807) is 0 Å². The van der Waals surface area contributed by atoms with Crippen molar-refractivity contribution < 1.29 is 13.5 Å². The van der Waals surface area contributed by atoms with Crippen molar-refractivity contribution in [2.45, 2.75) is 4.90 Å².